The van der Waals surface area contributed by atoms with Crippen molar-refractivity contribution in [1.29, 1.82) is 0 Å². The Balaban J connectivity index is 2.12. The largest absolute Gasteiger partial charge is 0.373 e. The lowest BCUT2D eigenvalue weighted by Gasteiger charge is -2.24. The van der Waals surface area contributed by atoms with Gasteiger partial charge in [-0.1, -0.05) is 44.2 Å². The van der Waals surface area contributed by atoms with Crippen LogP contribution in [0.1, 0.15) is 25.8 Å². The van der Waals surface area contributed by atoms with Gasteiger partial charge in [0.15, 0.2) is 0 Å². The zero-order valence-electron chi connectivity index (χ0n) is 8.29. The van der Waals surface area contributed by atoms with Crippen molar-refractivity contribution < 1.29 is 4.74 Å². The highest BCUT2D eigenvalue weighted by Gasteiger charge is 2.32. The van der Waals surface area contributed by atoms with E-state index in [1.54, 1.807) is 0 Å². The van der Waals surface area contributed by atoms with E-state index in [1.807, 2.05) is 0 Å². The Hall–Kier alpha value is -0.820. The molecule has 0 saturated carbocycles. The topological polar surface area (TPSA) is 12.5 Å². The molecule has 1 aliphatic rings. The van der Waals surface area contributed by atoms with E-state index in [4.69, 9.17) is 4.74 Å². The molecule has 1 saturated heterocycles. The maximum Gasteiger partial charge on any atom is 0.0818 e. The smallest absolute Gasteiger partial charge is 0.0818 e. The Labute approximate surface area is 79.7 Å². The van der Waals surface area contributed by atoms with Crippen LogP contribution in [-0.4, -0.2) is 12.7 Å². The summed E-state index contributed by atoms with van der Waals surface area (Å²) in [5.41, 5.74) is 1.66. The van der Waals surface area contributed by atoms with Crippen LogP contribution in [0.15, 0.2) is 30.3 Å². The highest BCUT2D eigenvalue weighted by atomic mass is 16.6. The van der Waals surface area contributed by atoms with Gasteiger partial charge in [0.05, 0.1) is 12.7 Å². The summed E-state index contributed by atoms with van der Waals surface area (Å²) < 4.78 is 5.27. The number of hydrogen-bond acceptors (Lipinski definition) is 1. The fraction of sp³-hybridized carbons (Fsp3) is 0.500. The van der Waals surface area contributed by atoms with Gasteiger partial charge >= 0.3 is 0 Å². The first-order valence-electron chi connectivity index (χ1n) is 4.86. The van der Waals surface area contributed by atoms with E-state index in [0.29, 0.717) is 6.10 Å². The monoisotopic (exact) mass is 176 g/mol. The van der Waals surface area contributed by atoms with Crippen LogP contribution in [0.4, 0.5) is 0 Å². The minimum absolute atomic E-state index is 0.252. The fourth-order valence-electron chi connectivity index (χ4n) is 1.76. The SMILES string of the molecule is CC(C)(CC1CO1)c1ccccc1. The predicted octanol–water partition coefficient (Wildman–Crippen LogP) is 2.75. The molecule has 1 unspecified atom stereocenters. The summed E-state index contributed by atoms with van der Waals surface area (Å²) in [5, 5.41) is 0. The molecule has 70 valence electrons. The average molecular weight is 176 g/mol. The minimum atomic E-state index is 0.252. The molecule has 1 heterocycles. The lowest BCUT2D eigenvalue weighted by atomic mass is 9.81. The minimum Gasteiger partial charge on any atom is -0.373 e. The molecule has 0 aliphatic carbocycles. The van der Waals surface area contributed by atoms with Gasteiger partial charge in [-0.3, -0.25) is 0 Å². The molecule has 0 aromatic heterocycles. The van der Waals surface area contributed by atoms with Crippen LogP contribution in [0, 0.1) is 0 Å². The van der Waals surface area contributed by atoms with E-state index in [9.17, 15) is 0 Å². The Bertz CT molecular complexity index is 272. The van der Waals surface area contributed by atoms with Crippen molar-refractivity contribution in [1.82, 2.24) is 0 Å². The second-order valence-corrected chi connectivity index (χ2v) is 4.41. The Kier molecular flexibility index (Phi) is 2.12. The zero-order chi connectivity index (χ0) is 9.31. The first-order valence-corrected chi connectivity index (χ1v) is 4.86. The maximum atomic E-state index is 5.27. The summed E-state index contributed by atoms with van der Waals surface area (Å²) in [6.07, 6.45) is 1.65. The molecule has 1 heteroatoms. The zero-order valence-corrected chi connectivity index (χ0v) is 8.29. The second kappa shape index (κ2) is 3.15. The normalized spacial score (nSPS) is 21.5. The summed E-state index contributed by atoms with van der Waals surface area (Å²) in [6, 6.07) is 10.7. The van der Waals surface area contributed by atoms with Gasteiger partial charge in [-0.15, -0.1) is 0 Å². The molecule has 1 fully saturated rings. The number of epoxide rings is 1. The molecule has 0 spiro atoms. The third-order valence-corrected chi connectivity index (χ3v) is 2.70. The van der Waals surface area contributed by atoms with E-state index in [-0.39, 0.29) is 5.41 Å². The summed E-state index contributed by atoms with van der Waals surface area (Å²) in [6.45, 7) is 5.52. The van der Waals surface area contributed by atoms with Crippen LogP contribution >= 0.6 is 0 Å². The molecule has 2 rings (SSSR count). The van der Waals surface area contributed by atoms with Gasteiger partial charge in [0.1, 0.15) is 0 Å². The van der Waals surface area contributed by atoms with Crippen LogP contribution in [0.3, 0.4) is 0 Å². The van der Waals surface area contributed by atoms with Gasteiger partial charge in [0.2, 0.25) is 0 Å². The van der Waals surface area contributed by atoms with Crippen molar-refractivity contribution in [3.63, 3.8) is 0 Å². The third-order valence-electron chi connectivity index (χ3n) is 2.70. The van der Waals surface area contributed by atoms with E-state index >= 15 is 0 Å². The summed E-state index contributed by atoms with van der Waals surface area (Å²) >= 11 is 0. The van der Waals surface area contributed by atoms with Crippen molar-refractivity contribution in [2.45, 2.75) is 31.8 Å². The van der Waals surface area contributed by atoms with Crippen LogP contribution in [0.2, 0.25) is 0 Å². The molecule has 1 aromatic carbocycles. The molecule has 0 amide bonds. The quantitative estimate of drug-likeness (QED) is 0.645. The predicted molar refractivity (Wildman–Crippen MR) is 53.8 cm³/mol. The molecule has 1 aliphatic heterocycles. The lowest BCUT2D eigenvalue weighted by molar-refractivity contribution is 0.345. The van der Waals surface area contributed by atoms with Crippen molar-refractivity contribution in [2.24, 2.45) is 0 Å². The van der Waals surface area contributed by atoms with Crippen molar-refractivity contribution >= 4 is 0 Å². The first kappa shape index (κ1) is 8.76. The molecule has 1 atom stereocenters. The Morgan fingerprint density at radius 1 is 1.31 bits per heavy atom. The maximum absolute atomic E-state index is 5.27. The van der Waals surface area contributed by atoms with E-state index in [0.717, 1.165) is 13.0 Å². The second-order valence-electron chi connectivity index (χ2n) is 4.41. The lowest BCUT2D eigenvalue weighted by Crippen LogP contribution is -2.19. The first-order chi connectivity index (χ1) is 6.18. The molecular weight excluding hydrogens is 160 g/mol. The van der Waals surface area contributed by atoms with Gasteiger partial charge in [-0.05, 0) is 17.4 Å². The van der Waals surface area contributed by atoms with Gasteiger partial charge in [0.25, 0.3) is 0 Å². The van der Waals surface area contributed by atoms with E-state index in [2.05, 4.69) is 44.2 Å². The molecule has 1 aromatic rings. The van der Waals surface area contributed by atoms with Gasteiger partial charge in [-0.2, -0.15) is 0 Å². The standard InChI is InChI=1S/C12H16O/c1-12(2,8-11-9-13-11)10-6-4-3-5-7-10/h3-7,11H,8-9H2,1-2H3. The van der Waals surface area contributed by atoms with Crippen molar-refractivity contribution in [2.75, 3.05) is 6.61 Å². The highest BCUT2D eigenvalue weighted by Crippen LogP contribution is 2.32. The molecular formula is C12H16O. The van der Waals surface area contributed by atoms with Crippen LogP contribution < -0.4 is 0 Å². The Morgan fingerprint density at radius 3 is 2.46 bits per heavy atom. The highest BCUT2D eigenvalue weighted by molar-refractivity contribution is 5.23. The average Bonchev–Trinajstić information content (AvgIpc) is 2.89. The van der Waals surface area contributed by atoms with E-state index < -0.39 is 0 Å². The van der Waals surface area contributed by atoms with Crippen molar-refractivity contribution in [3.05, 3.63) is 35.9 Å². The molecule has 13 heavy (non-hydrogen) atoms. The summed E-state index contributed by atoms with van der Waals surface area (Å²) in [7, 11) is 0. The molecule has 0 bridgehead atoms. The molecule has 0 N–H and O–H groups in total. The number of hydrogen-bond donors (Lipinski definition) is 0. The van der Waals surface area contributed by atoms with Crippen LogP contribution in [0.25, 0.3) is 0 Å². The van der Waals surface area contributed by atoms with Crippen LogP contribution in [-0.2, 0) is 10.2 Å². The van der Waals surface area contributed by atoms with Crippen molar-refractivity contribution in [3.8, 4) is 0 Å². The number of ether oxygens (including phenoxy) is 1. The molecule has 1 nitrogen and oxygen atoms in total. The van der Waals surface area contributed by atoms with Gasteiger partial charge in [0, 0.05) is 0 Å². The summed E-state index contributed by atoms with van der Waals surface area (Å²) in [4.78, 5) is 0. The number of rotatable bonds is 3. The van der Waals surface area contributed by atoms with Gasteiger partial charge in [-0.25, -0.2) is 0 Å². The third kappa shape index (κ3) is 2.10. The molecule has 0 radical (unpaired) electrons. The fourth-order valence-corrected chi connectivity index (χ4v) is 1.76. The van der Waals surface area contributed by atoms with E-state index in [1.165, 1.54) is 5.56 Å². The van der Waals surface area contributed by atoms with Gasteiger partial charge < -0.3 is 4.74 Å². The number of benzene rings is 1. The Morgan fingerprint density at radius 2 is 1.92 bits per heavy atom. The summed E-state index contributed by atoms with van der Waals surface area (Å²) in [5.74, 6) is 0. The van der Waals surface area contributed by atoms with Crippen LogP contribution in [0.5, 0.6) is 0 Å².